The third-order valence-corrected chi connectivity index (χ3v) is 3.76. The van der Waals surface area contributed by atoms with Crippen molar-refractivity contribution in [3.8, 4) is 0 Å². The van der Waals surface area contributed by atoms with Crippen LogP contribution in [-0.2, 0) is 16.0 Å². The number of hydrogen-bond donors (Lipinski definition) is 1. The smallest absolute Gasteiger partial charge is 0.308 e. The molecule has 2 atom stereocenters. The molecule has 104 valence electrons. The number of carbonyl (C=O) groups is 1. The Bertz CT molecular complexity index is 415. The van der Waals surface area contributed by atoms with Crippen LogP contribution in [0.4, 0.5) is 0 Å². The molecule has 1 aromatic rings. The van der Waals surface area contributed by atoms with Crippen LogP contribution in [-0.4, -0.2) is 22.8 Å². The highest BCUT2D eigenvalue weighted by Crippen LogP contribution is 2.34. The molecule has 1 heterocycles. The second kappa shape index (κ2) is 6.20. The summed E-state index contributed by atoms with van der Waals surface area (Å²) in [5.74, 6) is -0.264. The fourth-order valence-corrected chi connectivity index (χ4v) is 2.92. The number of ether oxygens (including phenoxy) is 1. The van der Waals surface area contributed by atoms with Gasteiger partial charge in [-0.25, -0.2) is 0 Å². The summed E-state index contributed by atoms with van der Waals surface area (Å²) in [7, 11) is 0. The van der Waals surface area contributed by atoms with Crippen molar-refractivity contribution in [2.24, 2.45) is 0 Å². The molecular formula is C16H22O3. The number of hydrogen-bond acceptors (Lipinski definition) is 3. The Morgan fingerprint density at radius 3 is 2.68 bits per heavy atom. The molecule has 1 aliphatic heterocycles. The standard InChI is InChI=1S/C16H22O3/c1-2-9-16(12-14(17)11-15(18)19-16)10-8-13-6-4-3-5-7-13/h3-7,14,17H,2,8-12H2,1H3. The van der Waals surface area contributed by atoms with Gasteiger partial charge in [0.05, 0.1) is 12.5 Å². The van der Waals surface area contributed by atoms with Crippen LogP contribution in [0.2, 0.25) is 0 Å². The summed E-state index contributed by atoms with van der Waals surface area (Å²) in [6.07, 6.45) is 3.59. The molecule has 1 N–H and O–H groups in total. The van der Waals surface area contributed by atoms with Crippen LogP contribution < -0.4 is 0 Å². The van der Waals surface area contributed by atoms with Crippen LogP contribution in [0, 0.1) is 0 Å². The number of esters is 1. The van der Waals surface area contributed by atoms with Crippen molar-refractivity contribution in [1.29, 1.82) is 0 Å². The van der Waals surface area contributed by atoms with E-state index in [9.17, 15) is 9.90 Å². The molecule has 1 aromatic carbocycles. The number of rotatable bonds is 5. The molecule has 2 unspecified atom stereocenters. The minimum absolute atomic E-state index is 0.136. The van der Waals surface area contributed by atoms with Gasteiger partial charge in [-0.15, -0.1) is 0 Å². The maximum atomic E-state index is 11.6. The van der Waals surface area contributed by atoms with Crippen LogP contribution in [0.5, 0.6) is 0 Å². The summed E-state index contributed by atoms with van der Waals surface area (Å²) in [5, 5.41) is 9.84. The molecule has 0 radical (unpaired) electrons. The molecule has 1 saturated heterocycles. The van der Waals surface area contributed by atoms with Crippen LogP contribution in [0.25, 0.3) is 0 Å². The van der Waals surface area contributed by atoms with Crippen molar-refractivity contribution < 1.29 is 14.6 Å². The molecular weight excluding hydrogens is 240 g/mol. The largest absolute Gasteiger partial charge is 0.459 e. The van der Waals surface area contributed by atoms with Crippen LogP contribution >= 0.6 is 0 Å². The van der Waals surface area contributed by atoms with Gasteiger partial charge in [0.25, 0.3) is 0 Å². The fraction of sp³-hybridized carbons (Fsp3) is 0.562. The Morgan fingerprint density at radius 2 is 2.05 bits per heavy atom. The maximum Gasteiger partial charge on any atom is 0.308 e. The molecule has 0 saturated carbocycles. The van der Waals surface area contributed by atoms with Crippen molar-refractivity contribution >= 4 is 5.97 Å². The van der Waals surface area contributed by atoms with Crippen molar-refractivity contribution in [2.75, 3.05) is 0 Å². The molecule has 0 amide bonds. The number of aliphatic hydroxyl groups is 1. The molecule has 3 heteroatoms. The molecule has 1 aliphatic rings. The average molecular weight is 262 g/mol. The zero-order valence-corrected chi connectivity index (χ0v) is 11.5. The Labute approximate surface area is 114 Å². The highest BCUT2D eigenvalue weighted by molar-refractivity contribution is 5.71. The molecule has 3 nitrogen and oxygen atoms in total. The summed E-state index contributed by atoms with van der Waals surface area (Å²) >= 11 is 0. The highest BCUT2D eigenvalue weighted by atomic mass is 16.6. The fourth-order valence-electron chi connectivity index (χ4n) is 2.92. The number of aliphatic hydroxyl groups excluding tert-OH is 1. The minimum Gasteiger partial charge on any atom is -0.459 e. The Balaban J connectivity index is 2.04. The van der Waals surface area contributed by atoms with Gasteiger partial charge in [-0.3, -0.25) is 4.79 Å². The number of cyclic esters (lactones) is 1. The van der Waals surface area contributed by atoms with E-state index in [4.69, 9.17) is 4.74 Å². The minimum atomic E-state index is -0.552. The first kappa shape index (κ1) is 14.1. The van der Waals surface area contributed by atoms with Gasteiger partial charge in [0.2, 0.25) is 0 Å². The normalized spacial score (nSPS) is 27.1. The van der Waals surface area contributed by atoms with E-state index in [1.165, 1.54) is 5.56 Å². The first-order valence-electron chi connectivity index (χ1n) is 7.07. The highest BCUT2D eigenvalue weighted by Gasteiger charge is 2.40. The monoisotopic (exact) mass is 262 g/mol. The van der Waals surface area contributed by atoms with Crippen molar-refractivity contribution in [2.45, 2.75) is 57.2 Å². The SMILES string of the molecule is CCCC1(CCc2ccccc2)CC(O)CC(=O)O1. The number of carbonyl (C=O) groups excluding carboxylic acids is 1. The van der Waals surface area contributed by atoms with Crippen molar-refractivity contribution in [1.82, 2.24) is 0 Å². The third-order valence-electron chi connectivity index (χ3n) is 3.76. The third kappa shape index (κ3) is 3.80. The second-order valence-corrected chi connectivity index (χ2v) is 5.45. The summed E-state index contributed by atoms with van der Waals surface area (Å²) in [4.78, 5) is 11.6. The van der Waals surface area contributed by atoms with E-state index in [1.807, 2.05) is 18.2 Å². The lowest BCUT2D eigenvalue weighted by molar-refractivity contribution is -0.178. The average Bonchev–Trinajstić information content (AvgIpc) is 2.37. The summed E-state index contributed by atoms with van der Waals surface area (Å²) in [5.41, 5.74) is 0.772. The van der Waals surface area contributed by atoms with Crippen LogP contribution in [0.3, 0.4) is 0 Å². The van der Waals surface area contributed by atoms with E-state index in [-0.39, 0.29) is 12.4 Å². The number of benzene rings is 1. The maximum absolute atomic E-state index is 11.6. The van der Waals surface area contributed by atoms with Gasteiger partial charge >= 0.3 is 5.97 Å². The van der Waals surface area contributed by atoms with Gasteiger partial charge in [-0.2, -0.15) is 0 Å². The van der Waals surface area contributed by atoms with E-state index >= 15 is 0 Å². The van der Waals surface area contributed by atoms with Crippen molar-refractivity contribution in [3.05, 3.63) is 35.9 Å². The molecule has 0 spiro atoms. The van der Waals surface area contributed by atoms with Gasteiger partial charge in [0, 0.05) is 6.42 Å². The molecule has 1 fully saturated rings. The van der Waals surface area contributed by atoms with E-state index in [1.54, 1.807) is 0 Å². The lowest BCUT2D eigenvalue weighted by atomic mass is 9.83. The summed E-state index contributed by atoms with van der Waals surface area (Å²) in [6.45, 7) is 2.08. The van der Waals surface area contributed by atoms with E-state index in [0.717, 1.165) is 25.7 Å². The van der Waals surface area contributed by atoms with Gasteiger partial charge in [-0.1, -0.05) is 43.7 Å². The Morgan fingerprint density at radius 1 is 1.32 bits per heavy atom. The van der Waals surface area contributed by atoms with Gasteiger partial charge < -0.3 is 9.84 Å². The first-order valence-corrected chi connectivity index (χ1v) is 7.07. The van der Waals surface area contributed by atoms with Gasteiger partial charge in [0.15, 0.2) is 0 Å². The topological polar surface area (TPSA) is 46.5 Å². The predicted octanol–water partition coefficient (Wildman–Crippen LogP) is 2.86. The molecule has 0 aromatic heterocycles. The number of aryl methyl sites for hydroxylation is 1. The van der Waals surface area contributed by atoms with Crippen LogP contribution in [0.1, 0.15) is 44.6 Å². The molecule has 0 aliphatic carbocycles. The molecule has 0 bridgehead atoms. The molecule has 2 rings (SSSR count). The van der Waals surface area contributed by atoms with Gasteiger partial charge in [0.1, 0.15) is 5.60 Å². The van der Waals surface area contributed by atoms with E-state index in [2.05, 4.69) is 19.1 Å². The zero-order chi connectivity index (χ0) is 13.7. The van der Waals surface area contributed by atoms with E-state index in [0.29, 0.717) is 6.42 Å². The van der Waals surface area contributed by atoms with Crippen LogP contribution in [0.15, 0.2) is 30.3 Å². The lowest BCUT2D eigenvalue weighted by Gasteiger charge is -2.39. The predicted molar refractivity (Wildman–Crippen MR) is 73.7 cm³/mol. The van der Waals surface area contributed by atoms with E-state index < -0.39 is 11.7 Å². The van der Waals surface area contributed by atoms with Gasteiger partial charge in [-0.05, 0) is 24.8 Å². The Hall–Kier alpha value is -1.35. The lowest BCUT2D eigenvalue weighted by Crippen LogP contribution is -2.44. The Kier molecular flexibility index (Phi) is 4.59. The zero-order valence-electron chi connectivity index (χ0n) is 11.5. The summed E-state index contributed by atoms with van der Waals surface area (Å²) in [6, 6.07) is 10.2. The quantitative estimate of drug-likeness (QED) is 0.830. The van der Waals surface area contributed by atoms with Crippen molar-refractivity contribution in [3.63, 3.8) is 0 Å². The summed E-state index contributed by atoms with van der Waals surface area (Å²) < 4.78 is 5.61. The molecule has 19 heavy (non-hydrogen) atoms. The first-order chi connectivity index (χ1) is 9.13. The second-order valence-electron chi connectivity index (χ2n) is 5.45.